The molecule has 2 aliphatic carbocycles. The Morgan fingerprint density at radius 3 is 2.52 bits per heavy atom. The number of hydrogen-bond acceptors (Lipinski definition) is 4. The number of Topliss-reactive ketones (excluding diaryl/α,β-unsaturated/α-hetero) is 3. The first-order valence-electron chi connectivity index (χ1n) is 9.27. The van der Waals surface area contributed by atoms with Gasteiger partial charge in [-0.2, -0.15) is 0 Å². The van der Waals surface area contributed by atoms with Crippen molar-refractivity contribution in [2.45, 2.75) is 53.9 Å². The lowest BCUT2D eigenvalue weighted by Crippen LogP contribution is -2.40. The molecule has 0 amide bonds. The number of halogens is 1. The molecule has 2 rings (SSSR count). The Kier molecular flexibility index (Phi) is 6.31. The van der Waals surface area contributed by atoms with Crippen molar-refractivity contribution >= 4 is 29.0 Å². The van der Waals surface area contributed by atoms with Crippen LogP contribution in [0.1, 0.15) is 53.9 Å². The van der Waals surface area contributed by atoms with Crippen LogP contribution in [0.2, 0.25) is 0 Å². The van der Waals surface area contributed by atoms with Gasteiger partial charge in [-0.05, 0) is 38.0 Å². The van der Waals surface area contributed by atoms with Gasteiger partial charge in [0.15, 0.2) is 0 Å². The van der Waals surface area contributed by atoms with Crippen molar-refractivity contribution < 1.29 is 19.5 Å². The lowest BCUT2D eigenvalue weighted by Gasteiger charge is -2.42. The van der Waals surface area contributed by atoms with Gasteiger partial charge in [0.2, 0.25) is 11.6 Å². The minimum absolute atomic E-state index is 0.0177. The largest absolute Gasteiger partial charge is 0.506 e. The molecule has 4 nitrogen and oxygen atoms in total. The van der Waals surface area contributed by atoms with Gasteiger partial charge in [-0.25, -0.2) is 0 Å². The molecule has 0 spiro atoms. The van der Waals surface area contributed by atoms with Gasteiger partial charge in [-0.3, -0.25) is 14.4 Å². The van der Waals surface area contributed by atoms with Crippen molar-refractivity contribution in [3.8, 4) is 0 Å². The van der Waals surface area contributed by atoms with Crippen LogP contribution in [0.3, 0.4) is 0 Å². The predicted molar refractivity (Wildman–Crippen MR) is 106 cm³/mol. The summed E-state index contributed by atoms with van der Waals surface area (Å²) in [7, 11) is 0. The van der Waals surface area contributed by atoms with E-state index in [1.54, 1.807) is 6.08 Å². The second-order valence-electron chi connectivity index (χ2n) is 7.90. The zero-order valence-corrected chi connectivity index (χ0v) is 17.3. The summed E-state index contributed by atoms with van der Waals surface area (Å²) in [6.45, 7) is 9.56. The van der Waals surface area contributed by atoms with Gasteiger partial charge in [-0.15, -0.1) is 0 Å². The molecular formula is C22H27ClO4. The first-order valence-corrected chi connectivity index (χ1v) is 9.65. The maximum Gasteiger partial charge on any atom is 0.233 e. The average molecular weight is 391 g/mol. The van der Waals surface area contributed by atoms with Gasteiger partial charge < -0.3 is 5.11 Å². The molecule has 3 atom stereocenters. The monoisotopic (exact) mass is 390 g/mol. The van der Waals surface area contributed by atoms with Crippen LogP contribution in [0.15, 0.2) is 45.7 Å². The molecule has 0 unspecified atom stereocenters. The SMILES string of the molecule is CC1=C(Cl)C(O)=C(C/C=C(C)/C=C/[C@@]2(C)[C@H](C)CCC(=O)[C@@H]2C)C(=O)C1=O. The topological polar surface area (TPSA) is 71.4 Å². The third kappa shape index (κ3) is 4.01. The smallest absolute Gasteiger partial charge is 0.233 e. The van der Waals surface area contributed by atoms with E-state index >= 15 is 0 Å². The van der Waals surface area contributed by atoms with Crippen LogP contribution in [-0.2, 0) is 14.4 Å². The Hall–Kier alpha value is -1.94. The highest BCUT2D eigenvalue weighted by Gasteiger charge is 2.41. The van der Waals surface area contributed by atoms with Crippen LogP contribution in [0.4, 0.5) is 0 Å². The standard InChI is InChI=1S/C22H27ClO4/c1-12(10-11-22(5)13(2)7-9-17(24)15(22)4)6-8-16-20(26)18(23)14(3)19(25)21(16)27/h6,10-11,13,15,26H,7-9H2,1-5H3/b11-10+,12-6+/t13-,15+,22+/m1/s1. The third-order valence-electron chi connectivity index (χ3n) is 6.28. The molecule has 1 saturated carbocycles. The summed E-state index contributed by atoms with van der Waals surface area (Å²) in [5.41, 5.74) is 0.758. The highest BCUT2D eigenvalue weighted by atomic mass is 35.5. The fourth-order valence-electron chi connectivity index (χ4n) is 3.62. The molecule has 27 heavy (non-hydrogen) atoms. The summed E-state index contributed by atoms with van der Waals surface area (Å²) in [6, 6.07) is 0. The molecule has 0 aromatic heterocycles. The van der Waals surface area contributed by atoms with Crippen LogP contribution in [0.25, 0.3) is 0 Å². The highest BCUT2D eigenvalue weighted by molar-refractivity contribution is 6.53. The van der Waals surface area contributed by atoms with Crippen LogP contribution < -0.4 is 0 Å². The van der Waals surface area contributed by atoms with Gasteiger partial charge in [0.1, 0.15) is 11.5 Å². The molecule has 0 saturated heterocycles. The van der Waals surface area contributed by atoms with E-state index in [1.807, 2.05) is 19.9 Å². The maximum absolute atomic E-state index is 12.1. The predicted octanol–water partition coefficient (Wildman–Crippen LogP) is 5.00. The molecule has 0 heterocycles. The third-order valence-corrected chi connectivity index (χ3v) is 6.74. The van der Waals surface area contributed by atoms with Crippen molar-refractivity contribution in [3.05, 3.63) is 45.7 Å². The van der Waals surface area contributed by atoms with E-state index in [0.717, 1.165) is 12.0 Å². The molecule has 0 aromatic carbocycles. The molecule has 1 N–H and O–H groups in total. The Labute approximate surface area is 165 Å². The Morgan fingerprint density at radius 1 is 1.26 bits per heavy atom. The number of aliphatic hydroxyl groups is 1. The molecule has 0 bridgehead atoms. The van der Waals surface area contributed by atoms with E-state index < -0.39 is 11.6 Å². The lowest BCUT2D eigenvalue weighted by molar-refractivity contribution is -0.132. The summed E-state index contributed by atoms with van der Waals surface area (Å²) in [6.07, 6.45) is 7.44. The molecule has 0 aromatic rings. The molecule has 146 valence electrons. The Bertz CT molecular complexity index is 812. The molecule has 5 heteroatoms. The zero-order valence-electron chi connectivity index (χ0n) is 16.6. The minimum atomic E-state index is -0.713. The van der Waals surface area contributed by atoms with Crippen LogP contribution >= 0.6 is 11.6 Å². The van der Waals surface area contributed by atoms with Gasteiger partial charge in [0.05, 0.1) is 10.6 Å². The molecule has 2 aliphatic rings. The van der Waals surface area contributed by atoms with Crippen LogP contribution in [0.5, 0.6) is 0 Å². The summed E-state index contributed by atoms with van der Waals surface area (Å²) in [5, 5.41) is 10.1. The summed E-state index contributed by atoms with van der Waals surface area (Å²) in [5.74, 6) is -1.06. The maximum atomic E-state index is 12.1. The summed E-state index contributed by atoms with van der Waals surface area (Å²) >= 11 is 5.95. The van der Waals surface area contributed by atoms with Gasteiger partial charge >= 0.3 is 0 Å². The normalized spacial score (nSPS) is 30.7. The van der Waals surface area contributed by atoms with Gasteiger partial charge in [0.25, 0.3) is 0 Å². The van der Waals surface area contributed by atoms with E-state index in [9.17, 15) is 19.5 Å². The second-order valence-corrected chi connectivity index (χ2v) is 8.28. The van der Waals surface area contributed by atoms with Crippen LogP contribution in [-0.4, -0.2) is 22.5 Å². The first kappa shape index (κ1) is 21.4. The van der Waals surface area contributed by atoms with Crippen molar-refractivity contribution in [1.82, 2.24) is 0 Å². The Morgan fingerprint density at radius 2 is 1.89 bits per heavy atom. The van der Waals surface area contributed by atoms with Gasteiger partial charge in [-0.1, -0.05) is 56.2 Å². The number of carbonyl (C=O) groups is 3. The first-order chi connectivity index (χ1) is 12.5. The lowest BCUT2D eigenvalue weighted by atomic mass is 9.61. The van der Waals surface area contributed by atoms with Crippen molar-refractivity contribution in [2.24, 2.45) is 17.3 Å². The van der Waals surface area contributed by atoms with Crippen LogP contribution in [0, 0.1) is 17.3 Å². The number of rotatable bonds is 4. The van der Waals surface area contributed by atoms with E-state index in [4.69, 9.17) is 11.6 Å². The quantitative estimate of drug-likeness (QED) is 0.416. The number of allylic oxidation sites excluding steroid dienone is 7. The summed E-state index contributed by atoms with van der Waals surface area (Å²) < 4.78 is 0. The fraction of sp³-hybridized carbons (Fsp3) is 0.500. The highest BCUT2D eigenvalue weighted by Crippen LogP contribution is 2.44. The average Bonchev–Trinajstić information content (AvgIpc) is 2.64. The minimum Gasteiger partial charge on any atom is -0.506 e. The second kappa shape index (κ2) is 7.97. The van der Waals surface area contributed by atoms with Crippen molar-refractivity contribution in [2.75, 3.05) is 0 Å². The number of hydrogen-bond donors (Lipinski definition) is 1. The fourth-order valence-corrected chi connectivity index (χ4v) is 3.82. The number of carbonyl (C=O) groups excluding carboxylic acids is 3. The number of aliphatic hydroxyl groups excluding tert-OH is 1. The Balaban J connectivity index is 2.21. The van der Waals surface area contributed by atoms with Gasteiger partial charge in [0, 0.05) is 17.9 Å². The molecular weight excluding hydrogens is 364 g/mol. The number of ketones is 3. The van der Waals surface area contributed by atoms with E-state index in [0.29, 0.717) is 18.1 Å². The van der Waals surface area contributed by atoms with Crippen molar-refractivity contribution in [1.29, 1.82) is 0 Å². The summed E-state index contributed by atoms with van der Waals surface area (Å²) in [4.78, 5) is 36.2. The van der Waals surface area contributed by atoms with E-state index in [2.05, 4.69) is 19.9 Å². The van der Waals surface area contributed by atoms with E-state index in [1.165, 1.54) is 6.92 Å². The zero-order chi connectivity index (χ0) is 20.5. The van der Waals surface area contributed by atoms with Crippen molar-refractivity contribution in [3.63, 3.8) is 0 Å². The molecule has 0 aliphatic heterocycles. The molecule has 1 fully saturated rings. The van der Waals surface area contributed by atoms with E-state index in [-0.39, 0.29) is 39.7 Å². The molecule has 0 radical (unpaired) electrons.